The first kappa shape index (κ1) is 42.7. The summed E-state index contributed by atoms with van der Waals surface area (Å²) in [6, 6.07) is 21.7. The number of nitrogens with zero attached hydrogens (tertiary/aromatic N) is 5. The van der Waals surface area contributed by atoms with Crippen molar-refractivity contribution in [2.45, 2.75) is 83.3 Å². The summed E-state index contributed by atoms with van der Waals surface area (Å²) < 4.78 is 22.2. The van der Waals surface area contributed by atoms with Gasteiger partial charge in [0, 0.05) is 43.8 Å². The van der Waals surface area contributed by atoms with E-state index in [0.717, 1.165) is 74.3 Å². The highest BCUT2D eigenvalue weighted by Gasteiger charge is 2.43. The lowest BCUT2D eigenvalue weighted by Gasteiger charge is -2.30. The summed E-state index contributed by atoms with van der Waals surface area (Å²) in [5, 5.41) is 7.58. The van der Waals surface area contributed by atoms with Crippen LogP contribution >= 0.6 is 0 Å². The van der Waals surface area contributed by atoms with E-state index in [1.807, 2.05) is 62.1 Å². The number of hydrogen-bond donors (Lipinski definition) is 2. The van der Waals surface area contributed by atoms with Crippen LogP contribution in [0.1, 0.15) is 68.3 Å². The number of ether oxygens (including phenoxy) is 4. The molecule has 4 amide bonds. The Morgan fingerprint density at radius 2 is 1.67 bits per heavy atom. The van der Waals surface area contributed by atoms with Crippen molar-refractivity contribution in [2.75, 3.05) is 40.5 Å². The first-order valence-corrected chi connectivity index (χ1v) is 22.1. The average molecular weight is 868 g/mol. The lowest BCUT2D eigenvalue weighted by atomic mass is 9.90. The molecule has 0 spiro atoms. The number of amides is 4. The van der Waals surface area contributed by atoms with Crippen molar-refractivity contribution in [1.29, 1.82) is 0 Å². The van der Waals surface area contributed by atoms with E-state index in [9.17, 15) is 19.2 Å². The molecule has 2 saturated heterocycles. The zero-order chi connectivity index (χ0) is 44.6. The summed E-state index contributed by atoms with van der Waals surface area (Å²) in [7, 11) is 2.57. The van der Waals surface area contributed by atoms with Gasteiger partial charge in [-0.15, -0.1) is 0 Å². The van der Waals surface area contributed by atoms with E-state index >= 15 is 0 Å². The second-order valence-corrected chi connectivity index (χ2v) is 17.2. The molecular weight excluding hydrogens is 815 g/mol. The Labute approximate surface area is 371 Å². The van der Waals surface area contributed by atoms with Crippen molar-refractivity contribution in [3.05, 3.63) is 95.1 Å². The molecule has 15 heteroatoms. The molecule has 4 aromatic rings. The van der Waals surface area contributed by atoms with Gasteiger partial charge in [-0.05, 0) is 88.5 Å². The molecule has 4 aromatic carbocycles. The van der Waals surface area contributed by atoms with Crippen LogP contribution in [0.4, 0.5) is 15.3 Å². The number of hydrogen-bond acceptors (Lipinski definition) is 11. The molecule has 0 unspecified atom stereocenters. The summed E-state index contributed by atoms with van der Waals surface area (Å²) in [6.07, 6.45) is 1.25. The molecule has 2 N–H and O–H groups in total. The highest BCUT2D eigenvalue weighted by atomic mass is 16.5. The van der Waals surface area contributed by atoms with Gasteiger partial charge >= 0.3 is 12.2 Å². The van der Waals surface area contributed by atoms with Crippen LogP contribution < -0.4 is 15.4 Å². The van der Waals surface area contributed by atoms with E-state index in [0.29, 0.717) is 57.1 Å². The number of rotatable bonds is 11. The molecule has 9 rings (SSSR count). The number of methoxy groups -OCH3 is 2. The van der Waals surface area contributed by atoms with Crippen LogP contribution in [0.5, 0.6) is 5.75 Å². The summed E-state index contributed by atoms with van der Waals surface area (Å²) in [5.74, 6) is 0.853. The van der Waals surface area contributed by atoms with Crippen LogP contribution in [-0.2, 0) is 36.8 Å². The van der Waals surface area contributed by atoms with E-state index in [1.165, 1.54) is 14.2 Å². The van der Waals surface area contributed by atoms with E-state index in [4.69, 9.17) is 33.9 Å². The maximum absolute atomic E-state index is 14.1. The van der Waals surface area contributed by atoms with Crippen LogP contribution in [0.25, 0.3) is 21.9 Å². The number of carbonyl (C=O) groups excluding carboxylic acids is 4. The van der Waals surface area contributed by atoms with Crippen molar-refractivity contribution in [2.24, 2.45) is 20.9 Å². The smallest absolute Gasteiger partial charge is 0.407 e. The van der Waals surface area contributed by atoms with E-state index in [1.54, 1.807) is 4.90 Å². The lowest BCUT2D eigenvalue weighted by Crippen LogP contribution is -2.54. The molecule has 0 bridgehead atoms. The maximum Gasteiger partial charge on any atom is 0.407 e. The number of carbonyl (C=O) groups is 4. The molecule has 5 heterocycles. The number of aliphatic imine (C=N–C) groups is 3. The fraction of sp³-hybridized carbons (Fsp3) is 0.408. The fourth-order valence-corrected chi connectivity index (χ4v) is 9.77. The molecule has 2 fully saturated rings. The molecule has 0 aromatic heterocycles. The molecule has 332 valence electrons. The highest BCUT2D eigenvalue weighted by Crippen LogP contribution is 2.44. The van der Waals surface area contributed by atoms with Crippen LogP contribution in [0.15, 0.2) is 87.8 Å². The normalized spacial score (nSPS) is 20.7. The summed E-state index contributed by atoms with van der Waals surface area (Å²) in [4.78, 5) is 71.2. The minimum absolute atomic E-state index is 0.144. The Kier molecular flexibility index (Phi) is 11.9. The van der Waals surface area contributed by atoms with Gasteiger partial charge in [-0.3, -0.25) is 19.6 Å². The molecule has 5 aliphatic heterocycles. The van der Waals surface area contributed by atoms with Gasteiger partial charge in [-0.25, -0.2) is 14.6 Å². The van der Waals surface area contributed by atoms with Gasteiger partial charge in [0.25, 0.3) is 5.91 Å². The molecule has 0 saturated carbocycles. The topological polar surface area (TPSA) is 173 Å². The third-order valence-electron chi connectivity index (χ3n) is 13.0. The van der Waals surface area contributed by atoms with Gasteiger partial charge in [-0.2, -0.15) is 0 Å². The third-order valence-corrected chi connectivity index (χ3v) is 13.0. The molecule has 64 heavy (non-hydrogen) atoms. The van der Waals surface area contributed by atoms with Crippen LogP contribution in [0, 0.1) is 5.92 Å². The van der Waals surface area contributed by atoms with E-state index < -0.39 is 24.3 Å². The second-order valence-electron chi connectivity index (χ2n) is 17.2. The molecule has 0 radical (unpaired) electrons. The summed E-state index contributed by atoms with van der Waals surface area (Å²) in [5.41, 5.74) is 8.45. The maximum atomic E-state index is 14.1. The van der Waals surface area contributed by atoms with Gasteiger partial charge < -0.3 is 39.4 Å². The van der Waals surface area contributed by atoms with E-state index in [2.05, 4.69) is 47.0 Å². The number of alkyl carbamates (subject to hydrolysis) is 2. The molecule has 15 nitrogen and oxygen atoms in total. The molecular formula is C49H53N7O8. The first-order valence-electron chi connectivity index (χ1n) is 22.1. The minimum atomic E-state index is -0.900. The zero-order valence-electron chi connectivity index (χ0n) is 36.8. The Morgan fingerprint density at radius 1 is 0.875 bits per heavy atom. The van der Waals surface area contributed by atoms with Gasteiger partial charge in [0.2, 0.25) is 5.91 Å². The number of nitrogens with one attached hydrogen (secondary N) is 2. The Balaban J connectivity index is 0.928. The third kappa shape index (κ3) is 8.08. The van der Waals surface area contributed by atoms with Crippen molar-refractivity contribution in [3.8, 4) is 16.9 Å². The van der Waals surface area contributed by atoms with Crippen LogP contribution in [-0.4, -0.2) is 116 Å². The first-order chi connectivity index (χ1) is 31.0. The largest absolute Gasteiger partial charge is 0.488 e. The minimum Gasteiger partial charge on any atom is -0.488 e. The standard InChI is InChI=1S/C49H53N7O8/c1-6-63-32-21-41(56(25-32)46(57)43(27(2)3)53-48(59)61-4)38-22-35-34-23-42-36(20-29(34)15-17-37(35)51-38)33-16-14-30(19-31(33)26-64-42)39-24-50-45(52-39)40-13-10-18-55(40)47(58)44(54-49(60)62-5)28-11-8-7-9-12-28/h7-9,11-12,14-17,19-20,23,27,32,40-41,43-44H,6,10,13,18,21-22,24-26H2,1-5H3,(H,53,59)(H,54,60)/t32-,40-,41-,43-,44+/m0/s1. The number of amidine groups is 1. The summed E-state index contributed by atoms with van der Waals surface area (Å²) >= 11 is 0. The molecule has 5 aliphatic rings. The monoisotopic (exact) mass is 867 g/mol. The van der Waals surface area contributed by atoms with Gasteiger partial charge in [0.15, 0.2) is 0 Å². The second kappa shape index (κ2) is 17.9. The number of fused-ring (bicyclic) bond motifs is 6. The quantitative estimate of drug-likeness (QED) is 0.168. The average Bonchev–Trinajstić information content (AvgIpc) is 4.15. The zero-order valence-corrected chi connectivity index (χ0v) is 36.8. The van der Waals surface area contributed by atoms with Crippen LogP contribution in [0.2, 0.25) is 0 Å². The van der Waals surface area contributed by atoms with Gasteiger partial charge in [-0.1, -0.05) is 62.4 Å². The fourth-order valence-electron chi connectivity index (χ4n) is 9.77. The SMILES string of the molecule is CCO[C@H]1C[C@@H](C2=Nc3ccc4cc5c(cc4c3C2)OCc2cc(C3=NC([C@@H]4CCCN4C(=O)[C@H](NC(=O)OC)c4ccccc4)=NC3)ccc2-5)N(C(=O)[C@@H](NC(=O)OC)C(C)C)C1. The van der Waals surface area contributed by atoms with E-state index in [-0.39, 0.29) is 35.9 Å². The van der Waals surface area contributed by atoms with Crippen molar-refractivity contribution in [1.82, 2.24) is 20.4 Å². The Bertz CT molecular complexity index is 2610. The van der Waals surface area contributed by atoms with Gasteiger partial charge in [0.05, 0.1) is 50.4 Å². The van der Waals surface area contributed by atoms with Crippen molar-refractivity contribution < 1.29 is 38.1 Å². The number of likely N-dealkylation sites (tertiary alicyclic amines) is 2. The predicted octanol–water partition coefficient (Wildman–Crippen LogP) is 6.70. The summed E-state index contributed by atoms with van der Waals surface area (Å²) in [6.45, 7) is 8.02. The van der Waals surface area contributed by atoms with Crippen molar-refractivity contribution >= 4 is 57.7 Å². The lowest BCUT2D eigenvalue weighted by molar-refractivity contribution is -0.135. The Morgan fingerprint density at radius 3 is 2.44 bits per heavy atom. The van der Waals surface area contributed by atoms with Gasteiger partial charge in [0.1, 0.15) is 30.3 Å². The molecule has 5 atom stereocenters. The number of benzene rings is 4. The Hall–Kier alpha value is -6.61. The highest BCUT2D eigenvalue weighted by molar-refractivity contribution is 6.15. The van der Waals surface area contributed by atoms with Crippen molar-refractivity contribution in [3.63, 3.8) is 0 Å². The predicted molar refractivity (Wildman–Crippen MR) is 243 cm³/mol. The molecule has 0 aliphatic carbocycles. The van der Waals surface area contributed by atoms with Crippen LogP contribution in [0.3, 0.4) is 0 Å².